The number of carbonyl (C=O) groups excluding carboxylic acids is 1. The Bertz CT molecular complexity index is 1280. The van der Waals surface area contributed by atoms with Gasteiger partial charge in [-0.2, -0.15) is 0 Å². The fourth-order valence-electron chi connectivity index (χ4n) is 2.98. The first-order valence-corrected chi connectivity index (χ1v) is 8.70. The molecule has 2 aromatic heterocycles. The van der Waals surface area contributed by atoms with Crippen molar-refractivity contribution in [3.8, 4) is 11.3 Å². The SMILES string of the molecule is Cc1nc(-c2ccccc2)cc2nn(CC(=O)Nc3ccc(F)cc3F)c(=O)n12. The number of anilines is 1. The molecule has 9 heteroatoms. The molecule has 0 radical (unpaired) electrons. The molecule has 0 unspecified atom stereocenters. The fraction of sp³-hybridized carbons (Fsp3) is 0.100. The first-order chi connectivity index (χ1) is 13.9. The fourth-order valence-corrected chi connectivity index (χ4v) is 2.98. The van der Waals surface area contributed by atoms with Crippen molar-refractivity contribution in [1.82, 2.24) is 19.2 Å². The molecule has 0 spiro atoms. The monoisotopic (exact) mass is 395 g/mol. The summed E-state index contributed by atoms with van der Waals surface area (Å²) in [6.45, 7) is 1.23. The van der Waals surface area contributed by atoms with E-state index in [1.165, 1.54) is 4.40 Å². The van der Waals surface area contributed by atoms with E-state index in [-0.39, 0.29) is 5.69 Å². The molecule has 4 aromatic rings. The van der Waals surface area contributed by atoms with Crippen molar-refractivity contribution in [3.63, 3.8) is 0 Å². The lowest BCUT2D eigenvalue weighted by molar-refractivity contribution is -0.117. The third-order valence-corrected chi connectivity index (χ3v) is 4.30. The van der Waals surface area contributed by atoms with Crippen molar-refractivity contribution in [3.05, 3.63) is 82.5 Å². The van der Waals surface area contributed by atoms with Crippen LogP contribution in [0.5, 0.6) is 0 Å². The lowest BCUT2D eigenvalue weighted by atomic mass is 10.1. The molecule has 0 saturated carbocycles. The Morgan fingerprint density at radius 3 is 2.59 bits per heavy atom. The first kappa shape index (κ1) is 18.5. The molecule has 2 aromatic carbocycles. The van der Waals surface area contributed by atoms with Gasteiger partial charge in [0.1, 0.15) is 24.0 Å². The lowest BCUT2D eigenvalue weighted by Gasteiger charge is -2.05. The summed E-state index contributed by atoms with van der Waals surface area (Å²) in [4.78, 5) is 29.3. The summed E-state index contributed by atoms with van der Waals surface area (Å²) < 4.78 is 28.9. The lowest BCUT2D eigenvalue weighted by Crippen LogP contribution is -2.29. The number of benzene rings is 2. The van der Waals surface area contributed by atoms with Gasteiger partial charge >= 0.3 is 5.69 Å². The number of nitrogens with zero attached hydrogens (tertiary/aromatic N) is 4. The molecule has 2 heterocycles. The van der Waals surface area contributed by atoms with Gasteiger partial charge in [0, 0.05) is 17.7 Å². The first-order valence-electron chi connectivity index (χ1n) is 8.70. The third-order valence-electron chi connectivity index (χ3n) is 4.30. The molecule has 4 rings (SSSR count). The zero-order valence-electron chi connectivity index (χ0n) is 15.3. The predicted octanol–water partition coefficient (Wildman–Crippen LogP) is 2.78. The minimum Gasteiger partial charge on any atom is -0.322 e. The summed E-state index contributed by atoms with van der Waals surface area (Å²) in [5.74, 6) is -1.92. The van der Waals surface area contributed by atoms with Gasteiger partial charge in [-0.25, -0.2) is 27.6 Å². The van der Waals surface area contributed by atoms with Crippen LogP contribution in [-0.2, 0) is 11.3 Å². The molecule has 0 aliphatic heterocycles. The molecule has 0 aliphatic carbocycles. The largest absolute Gasteiger partial charge is 0.352 e. The molecule has 0 fully saturated rings. The van der Waals surface area contributed by atoms with E-state index in [0.717, 1.165) is 22.4 Å². The van der Waals surface area contributed by atoms with Gasteiger partial charge in [0.15, 0.2) is 5.65 Å². The van der Waals surface area contributed by atoms with Crippen LogP contribution in [0.25, 0.3) is 16.9 Å². The van der Waals surface area contributed by atoms with Gasteiger partial charge in [-0.1, -0.05) is 30.3 Å². The van der Waals surface area contributed by atoms with Crippen LogP contribution in [0.15, 0.2) is 59.4 Å². The zero-order chi connectivity index (χ0) is 20.5. The number of aromatic nitrogens is 4. The number of nitrogens with one attached hydrogen (secondary N) is 1. The van der Waals surface area contributed by atoms with E-state index in [9.17, 15) is 18.4 Å². The minimum atomic E-state index is -0.909. The summed E-state index contributed by atoms with van der Waals surface area (Å²) in [5, 5.41) is 6.49. The van der Waals surface area contributed by atoms with E-state index in [1.54, 1.807) is 13.0 Å². The topological polar surface area (TPSA) is 81.3 Å². The van der Waals surface area contributed by atoms with Crippen LogP contribution in [0.3, 0.4) is 0 Å². The molecular weight excluding hydrogens is 380 g/mol. The Labute approximate surface area is 163 Å². The van der Waals surface area contributed by atoms with Crippen molar-refractivity contribution in [2.75, 3.05) is 5.32 Å². The summed E-state index contributed by atoms with van der Waals surface area (Å²) >= 11 is 0. The Kier molecular flexibility index (Phi) is 4.63. The van der Waals surface area contributed by atoms with Crippen LogP contribution in [0, 0.1) is 18.6 Å². The molecule has 146 valence electrons. The number of hydrogen-bond donors (Lipinski definition) is 1. The van der Waals surface area contributed by atoms with Crippen molar-refractivity contribution in [1.29, 1.82) is 0 Å². The van der Waals surface area contributed by atoms with E-state index in [2.05, 4.69) is 15.4 Å². The van der Waals surface area contributed by atoms with Crippen molar-refractivity contribution in [2.45, 2.75) is 13.5 Å². The quantitative estimate of drug-likeness (QED) is 0.576. The summed E-state index contributed by atoms with van der Waals surface area (Å²) in [7, 11) is 0. The van der Waals surface area contributed by atoms with Crippen LogP contribution < -0.4 is 11.0 Å². The number of rotatable bonds is 4. The smallest absolute Gasteiger partial charge is 0.322 e. The zero-order valence-corrected chi connectivity index (χ0v) is 15.3. The maximum atomic E-state index is 13.7. The minimum absolute atomic E-state index is 0.183. The standard InChI is InChI=1S/C20H15F2N5O2/c1-12-23-17(13-5-3-2-4-6-13)10-18-25-26(20(29)27(12)18)11-19(28)24-16-8-7-14(21)9-15(16)22/h2-10H,11H2,1H3,(H,24,28). The molecule has 0 bridgehead atoms. The second-order valence-electron chi connectivity index (χ2n) is 6.36. The maximum absolute atomic E-state index is 13.7. The van der Waals surface area contributed by atoms with Gasteiger partial charge < -0.3 is 5.32 Å². The number of hydrogen-bond acceptors (Lipinski definition) is 4. The van der Waals surface area contributed by atoms with Gasteiger partial charge in [-0.05, 0) is 19.1 Å². The Hall–Kier alpha value is -3.88. The Morgan fingerprint density at radius 2 is 1.86 bits per heavy atom. The maximum Gasteiger partial charge on any atom is 0.352 e. The number of halogens is 2. The van der Waals surface area contributed by atoms with Gasteiger partial charge in [-0.3, -0.25) is 4.79 Å². The van der Waals surface area contributed by atoms with Crippen LogP contribution in [0.2, 0.25) is 0 Å². The molecule has 1 amide bonds. The van der Waals surface area contributed by atoms with Crippen molar-refractivity contribution in [2.24, 2.45) is 0 Å². The predicted molar refractivity (Wildman–Crippen MR) is 102 cm³/mol. The molecule has 0 saturated heterocycles. The molecule has 0 aliphatic rings. The van der Waals surface area contributed by atoms with Crippen molar-refractivity contribution < 1.29 is 13.6 Å². The van der Waals surface area contributed by atoms with Gasteiger partial charge in [0.05, 0.1) is 11.4 Å². The average Bonchev–Trinajstić information content (AvgIpc) is 3.00. The normalized spacial score (nSPS) is 11.0. The number of carbonyl (C=O) groups is 1. The van der Waals surface area contributed by atoms with E-state index in [4.69, 9.17) is 0 Å². The molecule has 7 nitrogen and oxygen atoms in total. The van der Waals surface area contributed by atoms with E-state index >= 15 is 0 Å². The second-order valence-corrected chi connectivity index (χ2v) is 6.36. The summed E-state index contributed by atoms with van der Waals surface area (Å²) in [6.07, 6.45) is 0. The van der Waals surface area contributed by atoms with E-state index < -0.39 is 29.8 Å². The highest BCUT2D eigenvalue weighted by atomic mass is 19.1. The molecule has 29 heavy (non-hydrogen) atoms. The Morgan fingerprint density at radius 1 is 1.10 bits per heavy atom. The Balaban J connectivity index is 1.64. The number of amides is 1. The van der Waals surface area contributed by atoms with Crippen LogP contribution in [-0.4, -0.2) is 25.1 Å². The highest BCUT2D eigenvalue weighted by Gasteiger charge is 2.15. The van der Waals surface area contributed by atoms with E-state index in [0.29, 0.717) is 23.2 Å². The van der Waals surface area contributed by atoms with Crippen LogP contribution in [0.4, 0.5) is 14.5 Å². The molecular formula is C20H15F2N5O2. The molecule has 0 atom stereocenters. The van der Waals surface area contributed by atoms with Crippen molar-refractivity contribution >= 4 is 17.2 Å². The summed E-state index contributed by atoms with van der Waals surface area (Å²) in [6, 6.07) is 13.9. The number of fused-ring (bicyclic) bond motifs is 1. The molecule has 1 N–H and O–H groups in total. The summed E-state index contributed by atoms with van der Waals surface area (Å²) in [5.41, 5.74) is 1.12. The van der Waals surface area contributed by atoms with Gasteiger partial charge in [0.2, 0.25) is 5.91 Å². The number of aryl methyl sites for hydroxylation is 1. The highest BCUT2D eigenvalue weighted by Crippen LogP contribution is 2.18. The van der Waals surface area contributed by atoms with Gasteiger partial charge in [0.25, 0.3) is 0 Å². The highest BCUT2D eigenvalue weighted by molar-refractivity contribution is 5.90. The third kappa shape index (κ3) is 3.62. The van der Waals surface area contributed by atoms with Crippen LogP contribution in [0.1, 0.15) is 5.82 Å². The second kappa shape index (κ2) is 7.27. The van der Waals surface area contributed by atoms with E-state index in [1.807, 2.05) is 30.3 Å². The average molecular weight is 395 g/mol. The van der Waals surface area contributed by atoms with Crippen LogP contribution >= 0.6 is 0 Å². The van der Waals surface area contributed by atoms with Gasteiger partial charge in [-0.15, -0.1) is 5.10 Å².